The van der Waals surface area contributed by atoms with Crippen LogP contribution in [0.1, 0.15) is 51.9 Å². The maximum absolute atomic E-state index is 11.6. The summed E-state index contributed by atoms with van der Waals surface area (Å²) in [7, 11) is 1.74. The van der Waals surface area contributed by atoms with Crippen molar-refractivity contribution in [3.63, 3.8) is 0 Å². The van der Waals surface area contributed by atoms with E-state index >= 15 is 0 Å². The highest BCUT2D eigenvalue weighted by Gasteiger charge is 2.51. The average molecular weight is 269 g/mol. The summed E-state index contributed by atoms with van der Waals surface area (Å²) in [6, 6.07) is 0. The summed E-state index contributed by atoms with van der Waals surface area (Å²) in [5.41, 5.74) is -0.862. The molecule has 2 rings (SSSR count). The van der Waals surface area contributed by atoms with Crippen LogP contribution in [0.25, 0.3) is 0 Å². The van der Waals surface area contributed by atoms with Crippen molar-refractivity contribution >= 4 is 5.97 Å². The number of aliphatic carboxylic acids is 1. The normalized spacial score (nSPS) is 30.8. The van der Waals surface area contributed by atoms with E-state index in [1.807, 2.05) is 0 Å². The first-order chi connectivity index (χ1) is 9.12. The van der Waals surface area contributed by atoms with Crippen LogP contribution in [0.2, 0.25) is 0 Å². The second-order valence-electron chi connectivity index (χ2n) is 6.17. The molecule has 2 saturated carbocycles. The predicted molar refractivity (Wildman–Crippen MR) is 74.1 cm³/mol. The summed E-state index contributed by atoms with van der Waals surface area (Å²) >= 11 is 0. The molecule has 4 heteroatoms. The van der Waals surface area contributed by atoms with E-state index in [0.717, 1.165) is 31.6 Å². The lowest BCUT2D eigenvalue weighted by atomic mass is 9.85. The summed E-state index contributed by atoms with van der Waals surface area (Å²) in [5, 5.41) is 12.5. The van der Waals surface area contributed by atoms with E-state index in [1.165, 1.54) is 19.3 Å². The molecule has 0 spiro atoms. The van der Waals surface area contributed by atoms with Gasteiger partial charge in [-0.3, -0.25) is 4.79 Å². The maximum Gasteiger partial charge on any atom is 0.326 e. The van der Waals surface area contributed by atoms with E-state index in [2.05, 4.69) is 12.2 Å². The molecule has 0 bridgehead atoms. The van der Waals surface area contributed by atoms with Crippen LogP contribution in [0, 0.1) is 11.8 Å². The van der Waals surface area contributed by atoms with Gasteiger partial charge in [0.2, 0.25) is 0 Å². The summed E-state index contributed by atoms with van der Waals surface area (Å²) in [6.07, 6.45) is 8.16. The van der Waals surface area contributed by atoms with Gasteiger partial charge in [-0.2, -0.15) is 0 Å². The molecule has 2 aliphatic rings. The molecule has 19 heavy (non-hydrogen) atoms. The Morgan fingerprint density at radius 2 is 2.11 bits per heavy atom. The van der Waals surface area contributed by atoms with Gasteiger partial charge in [0, 0.05) is 0 Å². The van der Waals surface area contributed by atoms with Gasteiger partial charge in [-0.25, -0.2) is 0 Å². The van der Waals surface area contributed by atoms with Gasteiger partial charge < -0.3 is 15.2 Å². The molecule has 0 heterocycles. The second kappa shape index (κ2) is 6.23. The van der Waals surface area contributed by atoms with Crippen molar-refractivity contribution in [1.82, 2.24) is 5.32 Å². The molecule has 0 radical (unpaired) electrons. The van der Waals surface area contributed by atoms with Gasteiger partial charge in [-0.15, -0.1) is 0 Å². The van der Waals surface area contributed by atoms with E-state index in [-0.39, 0.29) is 12.0 Å². The zero-order valence-corrected chi connectivity index (χ0v) is 12.2. The monoisotopic (exact) mass is 269 g/mol. The van der Waals surface area contributed by atoms with Gasteiger partial charge in [0.05, 0.1) is 12.7 Å². The molecule has 2 N–H and O–H groups in total. The molecule has 0 saturated heterocycles. The van der Waals surface area contributed by atoms with E-state index in [1.54, 1.807) is 7.05 Å². The van der Waals surface area contributed by atoms with Crippen molar-refractivity contribution in [2.45, 2.75) is 63.5 Å². The van der Waals surface area contributed by atoms with E-state index in [4.69, 9.17) is 4.74 Å². The molecule has 0 aliphatic heterocycles. The number of hydrogen-bond donors (Lipinski definition) is 2. The minimum absolute atomic E-state index is 0.237. The number of carboxylic acids is 1. The fourth-order valence-corrected chi connectivity index (χ4v) is 3.33. The standard InChI is InChI=1S/C15H27NO3/c1-3-11-5-4-6-13(9-11)19-10-15(16-2,14(17)18)12-7-8-12/h11-13,16H,3-10H2,1-2H3,(H,17,18). The van der Waals surface area contributed by atoms with Gasteiger partial charge in [0.15, 0.2) is 0 Å². The fourth-order valence-electron chi connectivity index (χ4n) is 3.33. The molecule has 110 valence electrons. The van der Waals surface area contributed by atoms with Gasteiger partial charge in [-0.05, 0) is 44.6 Å². The van der Waals surface area contributed by atoms with Crippen molar-refractivity contribution in [3.05, 3.63) is 0 Å². The van der Waals surface area contributed by atoms with Crippen molar-refractivity contribution in [1.29, 1.82) is 0 Å². The minimum atomic E-state index is -0.862. The third-order valence-corrected chi connectivity index (χ3v) is 4.96. The molecular formula is C15H27NO3. The highest BCUT2D eigenvalue weighted by Crippen LogP contribution is 2.40. The Kier molecular flexibility index (Phi) is 4.85. The molecule has 0 aromatic carbocycles. The first-order valence-electron chi connectivity index (χ1n) is 7.66. The van der Waals surface area contributed by atoms with Crippen LogP contribution in [0.4, 0.5) is 0 Å². The molecule has 3 atom stereocenters. The van der Waals surface area contributed by atoms with Crippen molar-refractivity contribution < 1.29 is 14.6 Å². The SMILES string of the molecule is CCC1CCCC(OCC(NC)(C(=O)O)C2CC2)C1. The largest absolute Gasteiger partial charge is 0.480 e. The molecule has 0 amide bonds. The number of hydrogen-bond acceptors (Lipinski definition) is 3. The van der Waals surface area contributed by atoms with Crippen LogP contribution in [-0.2, 0) is 9.53 Å². The van der Waals surface area contributed by atoms with E-state index in [9.17, 15) is 9.90 Å². The van der Waals surface area contributed by atoms with Crippen LogP contribution in [-0.4, -0.2) is 36.4 Å². The Labute approximate surface area is 115 Å². The second-order valence-corrected chi connectivity index (χ2v) is 6.17. The lowest BCUT2D eigenvalue weighted by Gasteiger charge is -2.34. The molecule has 3 unspecified atom stereocenters. The molecule has 2 aliphatic carbocycles. The summed E-state index contributed by atoms with van der Waals surface area (Å²) in [4.78, 5) is 11.6. The van der Waals surface area contributed by atoms with Crippen molar-refractivity contribution in [2.24, 2.45) is 11.8 Å². The number of ether oxygens (including phenoxy) is 1. The van der Waals surface area contributed by atoms with Gasteiger partial charge in [0.25, 0.3) is 0 Å². The molecule has 4 nitrogen and oxygen atoms in total. The van der Waals surface area contributed by atoms with Crippen LogP contribution in [0.3, 0.4) is 0 Å². The third-order valence-electron chi connectivity index (χ3n) is 4.96. The molecule has 0 aromatic rings. The van der Waals surface area contributed by atoms with Crippen LogP contribution < -0.4 is 5.32 Å². The van der Waals surface area contributed by atoms with Gasteiger partial charge >= 0.3 is 5.97 Å². The van der Waals surface area contributed by atoms with Crippen LogP contribution in [0.5, 0.6) is 0 Å². The molecular weight excluding hydrogens is 242 g/mol. The quantitative estimate of drug-likeness (QED) is 0.745. The highest BCUT2D eigenvalue weighted by atomic mass is 16.5. The first kappa shape index (κ1) is 14.8. The van der Waals surface area contributed by atoms with Gasteiger partial charge in [0.1, 0.15) is 5.54 Å². The Balaban J connectivity index is 1.90. The lowest BCUT2D eigenvalue weighted by molar-refractivity contribution is -0.150. The lowest BCUT2D eigenvalue weighted by Crippen LogP contribution is -2.56. The zero-order chi connectivity index (χ0) is 13.9. The summed E-state index contributed by atoms with van der Waals surface area (Å²) in [5.74, 6) is 0.231. The highest BCUT2D eigenvalue weighted by molar-refractivity contribution is 5.80. The predicted octanol–water partition coefficient (Wildman–Crippen LogP) is 2.42. The number of carbonyl (C=O) groups is 1. The van der Waals surface area contributed by atoms with E-state index in [0.29, 0.717) is 6.61 Å². The summed E-state index contributed by atoms with van der Waals surface area (Å²) < 4.78 is 5.99. The van der Waals surface area contributed by atoms with Crippen LogP contribution >= 0.6 is 0 Å². The smallest absolute Gasteiger partial charge is 0.326 e. The Hall–Kier alpha value is -0.610. The number of rotatable bonds is 7. The van der Waals surface area contributed by atoms with Gasteiger partial charge in [-0.1, -0.05) is 26.2 Å². The number of nitrogens with one attached hydrogen (secondary N) is 1. The average Bonchev–Trinajstić information content (AvgIpc) is 3.25. The topological polar surface area (TPSA) is 58.6 Å². The fraction of sp³-hybridized carbons (Fsp3) is 0.933. The third kappa shape index (κ3) is 3.29. The Morgan fingerprint density at radius 1 is 1.37 bits per heavy atom. The zero-order valence-electron chi connectivity index (χ0n) is 12.2. The van der Waals surface area contributed by atoms with Crippen LogP contribution in [0.15, 0.2) is 0 Å². The first-order valence-corrected chi connectivity index (χ1v) is 7.66. The van der Waals surface area contributed by atoms with Crippen molar-refractivity contribution in [3.8, 4) is 0 Å². The van der Waals surface area contributed by atoms with E-state index < -0.39 is 11.5 Å². The Bertz CT molecular complexity index is 317. The Morgan fingerprint density at radius 3 is 2.63 bits per heavy atom. The van der Waals surface area contributed by atoms with Crippen molar-refractivity contribution in [2.75, 3.05) is 13.7 Å². The summed E-state index contributed by atoms with van der Waals surface area (Å²) in [6.45, 7) is 2.54. The number of likely N-dealkylation sites (N-methyl/N-ethyl adjacent to an activating group) is 1. The molecule has 2 fully saturated rings. The maximum atomic E-state index is 11.6. The number of carboxylic acid groups (broad SMARTS) is 1. The molecule has 0 aromatic heterocycles. The minimum Gasteiger partial charge on any atom is -0.480 e.